The van der Waals surface area contributed by atoms with E-state index in [1.54, 1.807) is 36.5 Å². The van der Waals surface area contributed by atoms with Crippen molar-refractivity contribution in [2.45, 2.75) is 24.3 Å². The second kappa shape index (κ2) is 10.8. The number of carbonyl (C=O) groups excluding carboxylic acids is 1. The minimum Gasteiger partial charge on any atom is -0.497 e. The molecular formula is C25H26FN3O5S. The maximum Gasteiger partial charge on any atom is 0.243 e. The molecule has 184 valence electrons. The number of aromatic nitrogens is 1. The summed E-state index contributed by atoms with van der Waals surface area (Å²) in [6.45, 7) is 0.663. The van der Waals surface area contributed by atoms with Crippen LogP contribution in [0.5, 0.6) is 17.2 Å². The van der Waals surface area contributed by atoms with Crippen molar-refractivity contribution < 1.29 is 27.1 Å². The second-order valence-electron chi connectivity index (χ2n) is 8.13. The molecule has 0 unspecified atom stereocenters. The fourth-order valence-electron chi connectivity index (χ4n) is 3.86. The van der Waals surface area contributed by atoms with Crippen molar-refractivity contribution in [3.63, 3.8) is 0 Å². The van der Waals surface area contributed by atoms with Crippen LogP contribution in [0.2, 0.25) is 0 Å². The van der Waals surface area contributed by atoms with E-state index in [0.717, 1.165) is 0 Å². The average Bonchev–Trinajstić information content (AvgIpc) is 2.89. The van der Waals surface area contributed by atoms with Crippen molar-refractivity contribution in [2.24, 2.45) is 5.92 Å². The standard InChI is InChI=1S/C25H26FN3O5S/c1-33-20-5-7-22(8-6-20)35(31,32)29-13-10-19(11-14-29)25(30)28-16-18-4-9-24(23(26)15-18)34-21-3-2-12-27-17-21/h2-9,12,15,17,19H,10-11,13-14,16H2,1H3,(H,28,30). The third kappa shape index (κ3) is 5.95. The number of halogens is 1. The van der Waals surface area contributed by atoms with Gasteiger partial charge in [-0.1, -0.05) is 6.07 Å². The number of benzene rings is 2. The summed E-state index contributed by atoms with van der Waals surface area (Å²) in [5.41, 5.74) is 0.592. The number of nitrogens with zero attached hydrogens (tertiary/aromatic N) is 2. The Labute approximate surface area is 203 Å². The first-order valence-electron chi connectivity index (χ1n) is 11.1. The van der Waals surface area contributed by atoms with Crippen molar-refractivity contribution in [3.8, 4) is 17.2 Å². The number of hydrogen-bond acceptors (Lipinski definition) is 6. The molecule has 0 spiro atoms. The fraction of sp³-hybridized carbons (Fsp3) is 0.280. The number of sulfonamides is 1. The lowest BCUT2D eigenvalue weighted by atomic mass is 9.97. The molecule has 1 fully saturated rings. The van der Waals surface area contributed by atoms with Gasteiger partial charge in [-0.2, -0.15) is 4.31 Å². The quantitative estimate of drug-likeness (QED) is 0.507. The molecule has 1 aliphatic heterocycles. The number of amides is 1. The van der Waals surface area contributed by atoms with E-state index in [1.807, 2.05) is 0 Å². The molecule has 4 rings (SSSR count). The Morgan fingerprint density at radius 2 is 1.86 bits per heavy atom. The topological polar surface area (TPSA) is 97.8 Å². The molecule has 2 aromatic carbocycles. The summed E-state index contributed by atoms with van der Waals surface area (Å²) in [7, 11) is -2.12. The van der Waals surface area contributed by atoms with Gasteiger partial charge < -0.3 is 14.8 Å². The van der Waals surface area contributed by atoms with Gasteiger partial charge in [0.15, 0.2) is 11.6 Å². The average molecular weight is 500 g/mol. The van der Waals surface area contributed by atoms with E-state index in [1.165, 1.54) is 41.9 Å². The fourth-order valence-corrected chi connectivity index (χ4v) is 5.33. The summed E-state index contributed by atoms with van der Waals surface area (Å²) >= 11 is 0. The number of carbonyl (C=O) groups is 1. The highest BCUT2D eigenvalue weighted by Crippen LogP contribution is 2.26. The first-order valence-corrected chi connectivity index (χ1v) is 12.6. The van der Waals surface area contributed by atoms with Crippen LogP contribution in [-0.2, 0) is 21.4 Å². The van der Waals surface area contributed by atoms with Crippen molar-refractivity contribution in [3.05, 3.63) is 78.4 Å². The summed E-state index contributed by atoms with van der Waals surface area (Å²) in [5.74, 6) is 0.0387. The highest BCUT2D eigenvalue weighted by molar-refractivity contribution is 7.89. The first kappa shape index (κ1) is 24.6. The van der Waals surface area contributed by atoms with Gasteiger partial charge in [-0.3, -0.25) is 9.78 Å². The zero-order chi connectivity index (χ0) is 24.8. The van der Waals surface area contributed by atoms with E-state index in [-0.39, 0.29) is 42.1 Å². The molecule has 3 aromatic rings. The number of rotatable bonds is 8. The summed E-state index contributed by atoms with van der Waals surface area (Å²) in [4.78, 5) is 16.8. The van der Waals surface area contributed by atoms with E-state index in [2.05, 4.69) is 10.3 Å². The summed E-state index contributed by atoms with van der Waals surface area (Å²) in [6.07, 6.45) is 3.90. The molecule has 35 heavy (non-hydrogen) atoms. The highest BCUT2D eigenvalue weighted by Gasteiger charge is 2.32. The zero-order valence-corrected chi connectivity index (χ0v) is 20.0. The van der Waals surface area contributed by atoms with Gasteiger partial charge >= 0.3 is 0 Å². The van der Waals surface area contributed by atoms with Gasteiger partial charge in [-0.05, 0) is 66.9 Å². The largest absolute Gasteiger partial charge is 0.497 e. The summed E-state index contributed by atoms with van der Waals surface area (Å²) in [6, 6.07) is 14.1. The molecule has 1 aliphatic rings. The van der Waals surface area contributed by atoms with Gasteiger partial charge in [-0.25, -0.2) is 12.8 Å². The first-order chi connectivity index (χ1) is 16.9. The van der Waals surface area contributed by atoms with Crippen LogP contribution in [0.15, 0.2) is 71.9 Å². The summed E-state index contributed by atoms with van der Waals surface area (Å²) < 4.78 is 52.1. The van der Waals surface area contributed by atoms with Crippen LogP contribution >= 0.6 is 0 Å². The predicted molar refractivity (Wildman–Crippen MR) is 127 cm³/mol. The van der Waals surface area contributed by atoms with Gasteiger partial charge in [0, 0.05) is 31.7 Å². The van der Waals surface area contributed by atoms with Crippen LogP contribution in [-0.4, -0.2) is 43.8 Å². The minimum absolute atomic E-state index is 0.0681. The molecule has 0 saturated carbocycles. The molecule has 0 bridgehead atoms. The van der Waals surface area contributed by atoms with Gasteiger partial charge in [-0.15, -0.1) is 0 Å². The Morgan fingerprint density at radius 3 is 2.49 bits per heavy atom. The van der Waals surface area contributed by atoms with Crippen molar-refractivity contribution in [1.82, 2.24) is 14.6 Å². The molecule has 2 heterocycles. The zero-order valence-electron chi connectivity index (χ0n) is 19.2. The SMILES string of the molecule is COc1ccc(S(=O)(=O)N2CCC(C(=O)NCc3ccc(Oc4cccnc4)c(F)c3)CC2)cc1. The van der Waals surface area contributed by atoms with Gasteiger partial charge in [0.2, 0.25) is 15.9 Å². The Hall–Kier alpha value is -3.50. The lowest BCUT2D eigenvalue weighted by molar-refractivity contribution is -0.126. The lowest BCUT2D eigenvalue weighted by Crippen LogP contribution is -2.42. The van der Waals surface area contributed by atoms with Gasteiger partial charge in [0.25, 0.3) is 0 Å². The van der Waals surface area contributed by atoms with E-state index in [4.69, 9.17) is 9.47 Å². The minimum atomic E-state index is -3.63. The van der Waals surface area contributed by atoms with Gasteiger partial charge in [0.1, 0.15) is 11.5 Å². The number of piperidine rings is 1. The second-order valence-corrected chi connectivity index (χ2v) is 10.1. The van der Waals surface area contributed by atoms with Crippen LogP contribution in [0.25, 0.3) is 0 Å². The van der Waals surface area contributed by atoms with E-state index < -0.39 is 15.8 Å². The van der Waals surface area contributed by atoms with Crippen LogP contribution in [0, 0.1) is 11.7 Å². The van der Waals surface area contributed by atoms with Crippen molar-refractivity contribution in [1.29, 1.82) is 0 Å². The van der Waals surface area contributed by atoms with Crippen molar-refractivity contribution in [2.75, 3.05) is 20.2 Å². The molecule has 0 aliphatic carbocycles. The van der Waals surface area contributed by atoms with Crippen LogP contribution in [0.4, 0.5) is 4.39 Å². The molecule has 0 atom stereocenters. The maximum absolute atomic E-state index is 14.4. The monoisotopic (exact) mass is 499 g/mol. The number of ether oxygens (including phenoxy) is 2. The molecular weight excluding hydrogens is 473 g/mol. The number of methoxy groups -OCH3 is 1. The normalized spacial score (nSPS) is 14.9. The molecule has 1 N–H and O–H groups in total. The third-order valence-electron chi connectivity index (χ3n) is 5.85. The molecule has 1 saturated heterocycles. The Kier molecular flexibility index (Phi) is 7.62. The Bertz CT molecular complexity index is 1260. The molecule has 1 amide bonds. The maximum atomic E-state index is 14.4. The number of pyridine rings is 1. The predicted octanol–water partition coefficient (Wildman–Crippen LogP) is 3.74. The number of nitrogens with one attached hydrogen (secondary N) is 1. The molecule has 1 aromatic heterocycles. The van der Waals surface area contributed by atoms with E-state index in [0.29, 0.717) is 29.9 Å². The number of hydrogen-bond donors (Lipinski definition) is 1. The lowest BCUT2D eigenvalue weighted by Gasteiger charge is -2.30. The smallest absolute Gasteiger partial charge is 0.243 e. The van der Waals surface area contributed by atoms with Crippen LogP contribution < -0.4 is 14.8 Å². The van der Waals surface area contributed by atoms with E-state index >= 15 is 0 Å². The summed E-state index contributed by atoms with van der Waals surface area (Å²) in [5, 5.41) is 2.82. The third-order valence-corrected chi connectivity index (χ3v) is 7.76. The molecule has 10 heteroatoms. The van der Waals surface area contributed by atoms with Gasteiger partial charge in [0.05, 0.1) is 18.2 Å². The molecule has 0 radical (unpaired) electrons. The van der Waals surface area contributed by atoms with E-state index in [9.17, 15) is 17.6 Å². The Morgan fingerprint density at radius 1 is 1.11 bits per heavy atom. The molecule has 8 nitrogen and oxygen atoms in total. The highest BCUT2D eigenvalue weighted by atomic mass is 32.2. The van der Waals surface area contributed by atoms with Crippen molar-refractivity contribution >= 4 is 15.9 Å². The van der Waals surface area contributed by atoms with Crippen LogP contribution in [0.3, 0.4) is 0 Å². The van der Waals surface area contributed by atoms with Crippen LogP contribution in [0.1, 0.15) is 18.4 Å². The Balaban J connectivity index is 1.28.